The molecular formula is C16H18N2O3. The number of H-pyrrole nitrogens is 1. The SMILES string of the molecule is Cc1cc2[nH]c(OC=O)nc2cc1C(=O)C1CCCCC1. The summed E-state index contributed by atoms with van der Waals surface area (Å²) in [6, 6.07) is 3.84. The minimum Gasteiger partial charge on any atom is -0.395 e. The summed E-state index contributed by atoms with van der Waals surface area (Å²) in [5.41, 5.74) is 3.08. The highest BCUT2D eigenvalue weighted by Gasteiger charge is 2.24. The van der Waals surface area contributed by atoms with Gasteiger partial charge in [-0.05, 0) is 37.5 Å². The summed E-state index contributed by atoms with van der Waals surface area (Å²) >= 11 is 0. The molecule has 110 valence electrons. The number of rotatable bonds is 4. The summed E-state index contributed by atoms with van der Waals surface area (Å²) in [5.74, 6) is 0.356. The van der Waals surface area contributed by atoms with E-state index in [9.17, 15) is 9.59 Å². The molecule has 5 nitrogen and oxygen atoms in total. The third kappa shape index (κ3) is 2.68. The number of hydrogen-bond donors (Lipinski definition) is 1. The summed E-state index contributed by atoms with van der Waals surface area (Å²) in [6.45, 7) is 2.26. The van der Waals surface area contributed by atoms with Crippen LogP contribution in [-0.2, 0) is 4.79 Å². The number of ether oxygens (including phenoxy) is 1. The average Bonchev–Trinajstić information content (AvgIpc) is 2.88. The maximum absolute atomic E-state index is 12.7. The second-order valence-corrected chi connectivity index (χ2v) is 5.64. The summed E-state index contributed by atoms with van der Waals surface area (Å²) in [5, 5.41) is 0. The van der Waals surface area contributed by atoms with E-state index in [0.29, 0.717) is 12.0 Å². The van der Waals surface area contributed by atoms with Crippen LogP contribution in [0, 0.1) is 12.8 Å². The van der Waals surface area contributed by atoms with Gasteiger partial charge in [-0.25, -0.2) is 0 Å². The van der Waals surface area contributed by atoms with Gasteiger partial charge in [0, 0.05) is 11.5 Å². The molecule has 1 aliphatic rings. The van der Waals surface area contributed by atoms with Crippen molar-refractivity contribution < 1.29 is 14.3 Å². The quantitative estimate of drug-likeness (QED) is 0.692. The molecule has 0 unspecified atom stereocenters. The molecule has 2 aromatic rings. The van der Waals surface area contributed by atoms with Gasteiger partial charge in [0.15, 0.2) is 5.78 Å². The van der Waals surface area contributed by atoms with E-state index in [1.54, 1.807) is 6.07 Å². The molecule has 0 amide bonds. The maximum Gasteiger partial charge on any atom is 0.302 e. The van der Waals surface area contributed by atoms with Crippen LogP contribution in [0.2, 0.25) is 0 Å². The molecule has 0 bridgehead atoms. The van der Waals surface area contributed by atoms with Crippen molar-refractivity contribution in [1.82, 2.24) is 9.97 Å². The van der Waals surface area contributed by atoms with Gasteiger partial charge in [-0.3, -0.25) is 9.59 Å². The van der Waals surface area contributed by atoms with Gasteiger partial charge in [0.25, 0.3) is 0 Å². The fraction of sp³-hybridized carbons (Fsp3) is 0.438. The minimum absolute atomic E-state index is 0.138. The fourth-order valence-corrected chi connectivity index (χ4v) is 3.09. The number of ketones is 1. The molecule has 1 aromatic heterocycles. The highest BCUT2D eigenvalue weighted by atomic mass is 16.5. The zero-order chi connectivity index (χ0) is 14.8. The summed E-state index contributed by atoms with van der Waals surface area (Å²) in [4.78, 5) is 30.1. The predicted molar refractivity (Wildman–Crippen MR) is 78.4 cm³/mol. The van der Waals surface area contributed by atoms with Crippen LogP contribution >= 0.6 is 0 Å². The predicted octanol–water partition coefficient (Wildman–Crippen LogP) is 3.17. The van der Waals surface area contributed by atoms with Crippen molar-refractivity contribution in [2.45, 2.75) is 39.0 Å². The summed E-state index contributed by atoms with van der Waals surface area (Å²) in [7, 11) is 0. The Morgan fingerprint density at radius 2 is 2.10 bits per heavy atom. The third-order valence-corrected chi connectivity index (χ3v) is 4.21. The summed E-state index contributed by atoms with van der Waals surface area (Å²) in [6.07, 6.45) is 5.47. The molecule has 1 aromatic carbocycles. The number of benzene rings is 1. The number of aromatic nitrogens is 2. The number of nitrogens with zero attached hydrogens (tertiary/aromatic N) is 1. The zero-order valence-electron chi connectivity index (χ0n) is 12.0. The van der Waals surface area contributed by atoms with Crippen LogP contribution < -0.4 is 4.74 Å². The monoisotopic (exact) mass is 286 g/mol. The molecule has 3 rings (SSSR count). The van der Waals surface area contributed by atoms with Crippen LogP contribution in [-0.4, -0.2) is 22.2 Å². The molecule has 0 spiro atoms. The largest absolute Gasteiger partial charge is 0.395 e. The molecule has 1 aliphatic carbocycles. The second kappa shape index (κ2) is 5.68. The lowest BCUT2D eigenvalue weighted by molar-refractivity contribution is -0.121. The lowest BCUT2D eigenvalue weighted by Gasteiger charge is -2.21. The second-order valence-electron chi connectivity index (χ2n) is 5.64. The molecule has 1 heterocycles. The first-order chi connectivity index (χ1) is 10.2. The Kier molecular flexibility index (Phi) is 3.73. The van der Waals surface area contributed by atoms with Crippen molar-refractivity contribution in [3.05, 3.63) is 23.3 Å². The number of aromatic amines is 1. The Labute approximate surface area is 122 Å². The average molecular weight is 286 g/mol. The van der Waals surface area contributed by atoms with Crippen LogP contribution in [0.15, 0.2) is 12.1 Å². The lowest BCUT2D eigenvalue weighted by atomic mass is 9.83. The Hall–Kier alpha value is -2.17. The van der Waals surface area contributed by atoms with E-state index < -0.39 is 0 Å². The van der Waals surface area contributed by atoms with Crippen LogP contribution in [0.25, 0.3) is 11.0 Å². The van der Waals surface area contributed by atoms with Crippen molar-refractivity contribution in [3.8, 4) is 6.01 Å². The molecule has 0 saturated heterocycles. The highest BCUT2D eigenvalue weighted by molar-refractivity contribution is 6.02. The number of hydrogen-bond acceptors (Lipinski definition) is 4. The summed E-state index contributed by atoms with van der Waals surface area (Å²) < 4.78 is 4.72. The number of nitrogens with one attached hydrogen (secondary N) is 1. The van der Waals surface area contributed by atoms with E-state index >= 15 is 0 Å². The first-order valence-electron chi connectivity index (χ1n) is 7.34. The van der Waals surface area contributed by atoms with Gasteiger partial charge in [-0.2, -0.15) is 4.98 Å². The lowest BCUT2D eigenvalue weighted by Crippen LogP contribution is -2.18. The van der Waals surface area contributed by atoms with Crippen molar-refractivity contribution in [1.29, 1.82) is 0 Å². The molecule has 5 heteroatoms. The fourth-order valence-electron chi connectivity index (χ4n) is 3.09. The Morgan fingerprint density at radius 1 is 1.33 bits per heavy atom. The minimum atomic E-state index is 0.138. The molecule has 0 radical (unpaired) electrons. The normalized spacial score (nSPS) is 16.0. The van der Waals surface area contributed by atoms with E-state index in [-0.39, 0.29) is 17.7 Å². The standard InChI is InChI=1S/C16H18N2O3/c1-10-7-13-14(18-16(17-13)21-9-19)8-12(10)15(20)11-5-3-2-4-6-11/h7-9,11H,2-6H2,1H3,(H,17,18). The molecule has 1 saturated carbocycles. The van der Waals surface area contributed by atoms with E-state index in [0.717, 1.165) is 42.3 Å². The Balaban J connectivity index is 1.95. The van der Waals surface area contributed by atoms with E-state index in [4.69, 9.17) is 4.74 Å². The topological polar surface area (TPSA) is 72.1 Å². The first-order valence-corrected chi connectivity index (χ1v) is 7.34. The van der Waals surface area contributed by atoms with Crippen molar-refractivity contribution in [2.75, 3.05) is 0 Å². The number of fused-ring (bicyclic) bond motifs is 1. The molecule has 0 atom stereocenters. The number of carbonyl (C=O) groups excluding carboxylic acids is 2. The molecular weight excluding hydrogens is 268 g/mol. The number of Topliss-reactive ketones (excluding diaryl/α,β-unsaturated/α-hetero) is 1. The van der Waals surface area contributed by atoms with Gasteiger partial charge < -0.3 is 9.72 Å². The molecule has 21 heavy (non-hydrogen) atoms. The molecule has 1 fully saturated rings. The Bertz CT molecular complexity index is 684. The third-order valence-electron chi connectivity index (χ3n) is 4.21. The maximum atomic E-state index is 12.7. The van der Waals surface area contributed by atoms with Gasteiger partial charge in [-0.15, -0.1) is 0 Å². The van der Waals surface area contributed by atoms with Gasteiger partial charge in [-0.1, -0.05) is 19.3 Å². The number of imidazole rings is 1. The number of carbonyl (C=O) groups is 2. The van der Waals surface area contributed by atoms with Crippen LogP contribution in [0.5, 0.6) is 6.01 Å². The van der Waals surface area contributed by atoms with Gasteiger partial charge in [0.2, 0.25) is 0 Å². The van der Waals surface area contributed by atoms with Crippen molar-refractivity contribution in [2.24, 2.45) is 5.92 Å². The zero-order valence-corrected chi connectivity index (χ0v) is 12.0. The highest BCUT2D eigenvalue weighted by Crippen LogP contribution is 2.29. The van der Waals surface area contributed by atoms with Crippen LogP contribution in [0.3, 0.4) is 0 Å². The van der Waals surface area contributed by atoms with Gasteiger partial charge in [0.1, 0.15) is 0 Å². The molecule has 0 aliphatic heterocycles. The smallest absolute Gasteiger partial charge is 0.302 e. The van der Waals surface area contributed by atoms with Crippen LogP contribution in [0.4, 0.5) is 0 Å². The first kappa shape index (κ1) is 13.8. The van der Waals surface area contributed by atoms with Gasteiger partial charge >= 0.3 is 12.5 Å². The van der Waals surface area contributed by atoms with E-state index in [1.165, 1.54) is 6.42 Å². The Morgan fingerprint density at radius 3 is 2.81 bits per heavy atom. The number of aryl methyl sites for hydroxylation is 1. The van der Waals surface area contributed by atoms with E-state index in [2.05, 4.69) is 9.97 Å². The van der Waals surface area contributed by atoms with Crippen LogP contribution in [0.1, 0.15) is 48.0 Å². The van der Waals surface area contributed by atoms with E-state index in [1.807, 2.05) is 13.0 Å². The van der Waals surface area contributed by atoms with Crippen molar-refractivity contribution in [3.63, 3.8) is 0 Å². The molecule has 1 N–H and O–H groups in total. The van der Waals surface area contributed by atoms with Crippen molar-refractivity contribution >= 4 is 23.3 Å². The van der Waals surface area contributed by atoms with Gasteiger partial charge in [0.05, 0.1) is 11.0 Å².